The van der Waals surface area contributed by atoms with Gasteiger partial charge in [-0.1, -0.05) is 32.1 Å². The number of carbonyl (C=O) groups is 1. The van der Waals surface area contributed by atoms with Crippen molar-refractivity contribution in [2.75, 3.05) is 7.11 Å². The van der Waals surface area contributed by atoms with Crippen molar-refractivity contribution in [3.8, 4) is 0 Å². The van der Waals surface area contributed by atoms with E-state index in [2.05, 4.69) is 17.0 Å². The Morgan fingerprint density at radius 1 is 1.25 bits per heavy atom. The van der Waals surface area contributed by atoms with Crippen molar-refractivity contribution < 1.29 is 9.53 Å². The molecule has 94 valence electrons. The number of methoxy groups -OCH3 is 1. The molecule has 0 aromatic heterocycles. The summed E-state index contributed by atoms with van der Waals surface area (Å²) in [6.45, 7) is 2.07. The minimum atomic E-state index is -0.120. The highest BCUT2D eigenvalue weighted by atomic mass is 16.5. The Hall–Kier alpha value is -0.570. The number of nitrogens with one attached hydrogen (secondary N) is 1. The minimum absolute atomic E-state index is 0.120. The van der Waals surface area contributed by atoms with Crippen LogP contribution in [0.4, 0.5) is 0 Å². The smallest absolute Gasteiger partial charge is 0.307 e. The lowest BCUT2D eigenvalue weighted by Gasteiger charge is -2.24. The molecule has 1 unspecified atom stereocenters. The Morgan fingerprint density at radius 3 is 2.38 bits per heavy atom. The van der Waals surface area contributed by atoms with Crippen molar-refractivity contribution >= 4 is 5.97 Å². The van der Waals surface area contributed by atoms with Crippen LogP contribution in [0.1, 0.15) is 58.3 Å². The second-order valence-electron chi connectivity index (χ2n) is 4.89. The number of ether oxygens (including phenoxy) is 1. The number of hydrogen-bond donors (Lipinski definition) is 1. The fourth-order valence-electron chi connectivity index (χ4n) is 2.42. The molecular formula is C13H25NO2. The molecule has 0 aromatic rings. The van der Waals surface area contributed by atoms with Crippen LogP contribution in [0.25, 0.3) is 0 Å². The Balaban J connectivity index is 2.24. The minimum Gasteiger partial charge on any atom is -0.469 e. The number of carbonyl (C=O) groups excluding carboxylic acids is 1. The SMILES string of the molecule is COC(=O)CC(C)NC1CCCCCCC1. The van der Waals surface area contributed by atoms with Crippen molar-refractivity contribution in [3.05, 3.63) is 0 Å². The zero-order valence-corrected chi connectivity index (χ0v) is 10.6. The highest BCUT2D eigenvalue weighted by Crippen LogP contribution is 2.17. The molecule has 0 spiro atoms. The average Bonchev–Trinajstić information content (AvgIpc) is 2.21. The van der Waals surface area contributed by atoms with Crippen molar-refractivity contribution in [1.29, 1.82) is 0 Å². The van der Waals surface area contributed by atoms with Gasteiger partial charge in [0.2, 0.25) is 0 Å². The van der Waals surface area contributed by atoms with Crippen LogP contribution in [0, 0.1) is 0 Å². The standard InChI is InChI=1S/C13H25NO2/c1-11(10-13(15)16-2)14-12-8-6-4-3-5-7-9-12/h11-12,14H,3-10H2,1-2H3. The lowest BCUT2D eigenvalue weighted by Crippen LogP contribution is -2.38. The summed E-state index contributed by atoms with van der Waals surface area (Å²) in [5.41, 5.74) is 0. The van der Waals surface area contributed by atoms with Crippen LogP contribution in [0.3, 0.4) is 0 Å². The van der Waals surface area contributed by atoms with Crippen LogP contribution < -0.4 is 5.32 Å². The summed E-state index contributed by atoms with van der Waals surface area (Å²) in [6.07, 6.45) is 9.76. The summed E-state index contributed by atoms with van der Waals surface area (Å²) in [5.74, 6) is -0.120. The molecule has 0 amide bonds. The molecule has 0 saturated heterocycles. The lowest BCUT2D eigenvalue weighted by atomic mass is 9.96. The molecule has 0 aliphatic heterocycles. The Labute approximate surface area is 98.9 Å². The van der Waals surface area contributed by atoms with Gasteiger partial charge in [0.1, 0.15) is 0 Å². The summed E-state index contributed by atoms with van der Waals surface area (Å²) in [4.78, 5) is 11.1. The van der Waals surface area contributed by atoms with E-state index in [9.17, 15) is 4.79 Å². The van der Waals surface area contributed by atoms with Gasteiger partial charge in [0, 0.05) is 12.1 Å². The summed E-state index contributed by atoms with van der Waals surface area (Å²) < 4.78 is 4.68. The van der Waals surface area contributed by atoms with Crippen LogP contribution in [0.2, 0.25) is 0 Å². The van der Waals surface area contributed by atoms with Crippen LogP contribution in [-0.4, -0.2) is 25.2 Å². The third kappa shape index (κ3) is 5.50. The van der Waals surface area contributed by atoms with Crippen LogP contribution in [0.15, 0.2) is 0 Å². The van der Waals surface area contributed by atoms with Gasteiger partial charge in [-0.3, -0.25) is 4.79 Å². The monoisotopic (exact) mass is 227 g/mol. The normalized spacial score (nSPS) is 20.9. The molecule has 0 aromatic carbocycles. The van der Waals surface area contributed by atoms with Crippen LogP contribution >= 0.6 is 0 Å². The molecule has 0 bridgehead atoms. The Morgan fingerprint density at radius 2 is 1.81 bits per heavy atom. The molecule has 1 aliphatic rings. The van der Waals surface area contributed by atoms with Crippen molar-refractivity contribution in [1.82, 2.24) is 5.32 Å². The van der Waals surface area contributed by atoms with Gasteiger partial charge in [0.25, 0.3) is 0 Å². The topological polar surface area (TPSA) is 38.3 Å². The zero-order valence-electron chi connectivity index (χ0n) is 10.6. The predicted octanol–water partition coefficient (Wildman–Crippen LogP) is 2.64. The van der Waals surface area contributed by atoms with E-state index in [-0.39, 0.29) is 12.0 Å². The highest BCUT2D eigenvalue weighted by molar-refractivity contribution is 5.69. The number of esters is 1. The van der Waals surface area contributed by atoms with Gasteiger partial charge < -0.3 is 10.1 Å². The van der Waals surface area contributed by atoms with E-state index in [1.807, 2.05) is 0 Å². The summed E-state index contributed by atoms with van der Waals surface area (Å²) in [7, 11) is 1.45. The second kappa shape index (κ2) is 7.66. The Kier molecular flexibility index (Phi) is 6.46. The van der Waals surface area contributed by atoms with Crippen molar-refractivity contribution in [2.24, 2.45) is 0 Å². The van der Waals surface area contributed by atoms with Crippen molar-refractivity contribution in [3.63, 3.8) is 0 Å². The molecule has 1 fully saturated rings. The van der Waals surface area contributed by atoms with E-state index in [1.165, 1.54) is 52.1 Å². The molecule has 3 heteroatoms. The lowest BCUT2D eigenvalue weighted by molar-refractivity contribution is -0.141. The molecular weight excluding hydrogens is 202 g/mol. The van der Waals surface area contributed by atoms with Gasteiger partial charge in [0.05, 0.1) is 13.5 Å². The third-order valence-corrected chi connectivity index (χ3v) is 3.33. The summed E-state index contributed by atoms with van der Waals surface area (Å²) in [6, 6.07) is 0.830. The first kappa shape index (κ1) is 13.5. The van der Waals surface area contributed by atoms with E-state index >= 15 is 0 Å². The largest absolute Gasteiger partial charge is 0.469 e. The molecule has 1 saturated carbocycles. The third-order valence-electron chi connectivity index (χ3n) is 3.33. The summed E-state index contributed by atoms with van der Waals surface area (Å²) >= 11 is 0. The quantitative estimate of drug-likeness (QED) is 0.750. The highest BCUT2D eigenvalue weighted by Gasteiger charge is 2.15. The van der Waals surface area contributed by atoms with Crippen LogP contribution in [-0.2, 0) is 9.53 Å². The summed E-state index contributed by atoms with van der Waals surface area (Å²) in [5, 5.41) is 3.55. The van der Waals surface area contributed by atoms with Gasteiger partial charge >= 0.3 is 5.97 Å². The molecule has 1 atom stereocenters. The first-order chi connectivity index (χ1) is 7.72. The van der Waals surface area contributed by atoms with E-state index in [1.54, 1.807) is 0 Å². The Bertz CT molecular complexity index is 198. The molecule has 0 radical (unpaired) electrons. The fraction of sp³-hybridized carbons (Fsp3) is 0.923. The van der Waals surface area contributed by atoms with Gasteiger partial charge in [0.15, 0.2) is 0 Å². The molecule has 3 nitrogen and oxygen atoms in total. The number of hydrogen-bond acceptors (Lipinski definition) is 3. The first-order valence-electron chi connectivity index (χ1n) is 6.55. The van der Waals surface area contributed by atoms with Gasteiger partial charge in [-0.25, -0.2) is 0 Å². The molecule has 1 rings (SSSR count). The first-order valence-corrected chi connectivity index (χ1v) is 6.55. The fourth-order valence-corrected chi connectivity index (χ4v) is 2.42. The predicted molar refractivity (Wildman–Crippen MR) is 65.3 cm³/mol. The van der Waals surface area contributed by atoms with E-state index in [0.29, 0.717) is 12.5 Å². The van der Waals surface area contributed by atoms with Crippen LogP contribution in [0.5, 0.6) is 0 Å². The second-order valence-corrected chi connectivity index (χ2v) is 4.89. The zero-order chi connectivity index (χ0) is 11.8. The average molecular weight is 227 g/mol. The maximum Gasteiger partial charge on any atom is 0.307 e. The van der Waals surface area contributed by atoms with Gasteiger partial charge in [-0.15, -0.1) is 0 Å². The molecule has 0 heterocycles. The van der Waals surface area contributed by atoms with E-state index < -0.39 is 0 Å². The van der Waals surface area contributed by atoms with Gasteiger partial charge in [-0.2, -0.15) is 0 Å². The number of rotatable bonds is 4. The maximum absolute atomic E-state index is 11.1. The van der Waals surface area contributed by atoms with E-state index in [4.69, 9.17) is 0 Å². The van der Waals surface area contributed by atoms with E-state index in [0.717, 1.165) is 0 Å². The molecule has 16 heavy (non-hydrogen) atoms. The maximum atomic E-state index is 11.1. The molecule has 1 N–H and O–H groups in total. The molecule has 1 aliphatic carbocycles. The van der Waals surface area contributed by atoms with Crippen molar-refractivity contribution in [2.45, 2.75) is 70.4 Å². The van der Waals surface area contributed by atoms with Gasteiger partial charge in [-0.05, 0) is 19.8 Å².